The van der Waals surface area contributed by atoms with E-state index < -0.39 is 5.97 Å². The van der Waals surface area contributed by atoms with Gasteiger partial charge in [-0.05, 0) is 13.3 Å². The van der Waals surface area contributed by atoms with E-state index in [9.17, 15) is 9.59 Å². The van der Waals surface area contributed by atoms with Gasteiger partial charge in [0.05, 0.1) is 5.69 Å². The molecule has 0 radical (unpaired) electrons. The monoisotopic (exact) mass is 240 g/mol. The number of carbonyl (C=O) groups excluding carboxylic acids is 1. The number of carboxylic acids is 1. The van der Waals surface area contributed by atoms with Gasteiger partial charge < -0.3 is 10.0 Å². The van der Waals surface area contributed by atoms with Crippen LogP contribution in [-0.2, 0) is 11.3 Å². The van der Waals surface area contributed by atoms with Crippen molar-refractivity contribution in [2.75, 3.05) is 14.1 Å². The maximum absolute atomic E-state index is 11.3. The summed E-state index contributed by atoms with van der Waals surface area (Å²) in [6, 6.07) is 0. The molecular formula is C10H16N4O3. The van der Waals surface area contributed by atoms with Crippen molar-refractivity contribution in [3.63, 3.8) is 0 Å². The van der Waals surface area contributed by atoms with Crippen LogP contribution in [0, 0.1) is 6.92 Å². The SMILES string of the molecule is Cc1c(C(=O)O)nnn1CCCC(=O)N(C)C. The lowest BCUT2D eigenvalue weighted by molar-refractivity contribution is -0.128. The van der Waals surface area contributed by atoms with Crippen molar-refractivity contribution in [2.45, 2.75) is 26.3 Å². The Morgan fingerprint density at radius 3 is 2.53 bits per heavy atom. The molecule has 0 bridgehead atoms. The first-order chi connectivity index (χ1) is 7.93. The van der Waals surface area contributed by atoms with Crippen molar-refractivity contribution in [3.8, 4) is 0 Å². The molecule has 17 heavy (non-hydrogen) atoms. The third-order valence-electron chi connectivity index (χ3n) is 2.44. The molecule has 1 N–H and O–H groups in total. The Morgan fingerprint density at radius 2 is 2.06 bits per heavy atom. The number of aryl methyl sites for hydroxylation is 1. The molecule has 1 amide bonds. The zero-order valence-corrected chi connectivity index (χ0v) is 10.2. The highest BCUT2D eigenvalue weighted by atomic mass is 16.4. The summed E-state index contributed by atoms with van der Waals surface area (Å²) < 4.78 is 1.51. The number of rotatable bonds is 5. The molecule has 0 atom stereocenters. The molecule has 1 heterocycles. The maximum atomic E-state index is 11.3. The first-order valence-corrected chi connectivity index (χ1v) is 5.27. The lowest BCUT2D eigenvalue weighted by atomic mass is 10.2. The summed E-state index contributed by atoms with van der Waals surface area (Å²) in [5.74, 6) is -1.04. The molecule has 0 aromatic carbocycles. The number of carboxylic acid groups (broad SMARTS) is 1. The van der Waals surface area contributed by atoms with Crippen LogP contribution in [0.3, 0.4) is 0 Å². The molecule has 1 aromatic rings. The van der Waals surface area contributed by atoms with Gasteiger partial charge in [0.2, 0.25) is 5.91 Å². The van der Waals surface area contributed by atoms with Gasteiger partial charge >= 0.3 is 5.97 Å². The van der Waals surface area contributed by atoms with Gasteiger partial charge in [0.15, 0.2) is 5.69 Å². The third kappa shape index (κ3) is 3.27. The van der Waals surface area contributed by atoms with Crippen LogP contribution in [0.25, 0.3) is 0 Å². The minimum absolute atomic E-state index is 0.0380. The first kappa shape index (κ1) is 13.1. The Bertz CT molecular complexity index is 425. The van der Waals surface area contributed by atoms with E-state index in [1.807, 2.05) is 0 Å². The summed E-state index contributed by atoms with van der Waals surface area (Å²) in [6.45, 7) is 2.14. The molecule has 0 saturated carbocycles. The number of hydrogen-bond acceptors (Lipinski definition) is 4. The van der Waals surface area contributed by atoms with Gasteiger partial charge in [-0.3, -0.25) is 4.79 Å². The topological polar surface area (TPSA) is 88.3 Å². The number of carbonyl (C=O) groups is 2. The minimum atomic E-state index is -1.09. The summed E-state index contributed by atoms with van der Waals surface area (Å²) in [7, 11) is 3.40. The largest absolute Gasteiger partial charge is 0.476 e. The molecule has 0 unspecified atom stereocenters. The molecule has 0 saturated heterocycles. The van der Waals surface area contributed by atoms with Crippen molar-refractivity contribution in [3.05, 3.63) is 11.4 Å². The molecule has 1 rings (SSSR count). The second-order valence-electron chi connectivity index (χ2n) is 3.94. The highest BCUT2D eigenvalue weighted by Gasteiger charge is 2.14. The fraction of sp³-hybridized carbons (Fsp3) is 0.600. The van der Waals surface area contributed by atoms with Gasteiger partial charge in [-0.25, -0.2) is 9.48 Å². The zero-order chi connectivity index (χ0) is 13.0. The fourth-order valence-electron chi connectivity index (χ4n) is 1.37. The Labute approximate surface area is 99.0 Å². The molecule has 1 aromatic heterocycles. The normalized spacial score (nSPS) is 10.3. The number of aromatic carboxylic acids is 1. The third-order valence-corrected chi connectivity index (χ3v) is 2.44. The van der Waals surface area contributed by atoms with E-state index in [1.165, 1.54) is 9.58 Å². The first-order valence-electron chi connectivity index (χ1n) is 5.27. The van der Waals surface area contributed by atoms with Crippen LogP contribution >= 0.6 is 0 Å². The van der Waals surface area contributed by atoms with E-state index in [0.717, 1.165) is 0 Å². The minimum Gasteiger partial charge on any atom is -0.476 e. The van der Waals surface area contributed by atoms with Crippen LogP contribution in [0.1, 0.15) is 29.0 Å². The number of aromatic nitrogens is 3. The van der Waals surface area contributed by atoms with E-state index in [1.54, 1.807) is 21.0 Å². The molecule has 0 spiro atoms. The van der Waals surface area contributed by atoms with Crippen LogP contribution in [0.5, 0.6) is 0 Å². The van der Waals surface area contributed by atoms with Crippen molar-refractivity contribution >= 4 is 11.9 Å². The van der Waals surface area contributed by atoms with Gasteiger partial charge in [-0.1, -0.05) is 5.21 Å². The zero-order valence-electron chi connectivity index (χ0n) is 10.2. The highest BCUT2D eigenvalue weighted by Crippen LogP contribution is 2.05. The Morgan fingerprint density at radius 1 is 1.41 bits per heavy atom. The summed E-state index contributed by atoms with van der Waals surface area (Å²) in [6.07, 6.45) is 1.02. The smallest absolute Gasteiger partial charge is 0.358 e. The van der Waals surface area contributed by atoms with E-state index in [4.69, 9.17) is 5.11 Å². The highest BCUT2D eigenvalue weighted by molar-refractivity contribution is 5.86. The van der Waals surface area contributed by atoms with Gasteiger partial charge in [0.25, 0.3) is 0 Å². The number of nitrogens with zero attached hydrogens (tertiary/aromatic N) is 4. The van der Waals surface area contributed by atoms with Crippen molar-refractivity contribution in [1.82, 2.24) is 19.9 Å². The molecule has 0 aliphatic heterocycles. The van der Waals surface area contributed by atoms with Crippen LogP contribution in [0.4, 0.5) is 0 Å². The van der Waals surface area contributed by atoms with Crippen LogP contribution in [0.2, 0.25) is 0 Å². The van der Waals surface area contributed by atoms with Gasteiger partial charge in [-0.2, -0.15) is 0 Å². The molecule has 0 aliphatic carbocycles. The molecular weight excluding hydrogens is 224 g/mol. The number of hydrogen-bond donors (Lipinski definition) is 1. The summed E-state index contributed by atoms with van der Waals surface area (Å²) in [4.78, 5) is 23.6. The van der Waals surface area contributed by atoms with Crippen LogP contribution in [-0.4, -0.2) is 51.0 Å². The molecule has 7 heteroatoms. The van der Waals surface area contributed by atoms with Gasteiger partial charge in [0.1, 0.15) is 0 Å². The summed E-state index contributed by atoms with van der Waals surface area (Å²) >= 11 is 0. The van der Waals surface area contributed by atoms with E-state index in [-0.39, 0.29) is 11.6 Å². The fourth-order valence-corrected chi connectivity index (χ4v) is 1.37. The van der Waals surface area contributed by atoms with E-state index >= 15 is 0 Å². The Balaban J connectivity index is 2.53. The van der Waals surface area contributed by atoms with Crippen molar-refractivity contribution in [1.29, 1.82) is 0 Å². The molecule has 94 valence electrons. The Hall–Kier alpha value is -1.92. The summed E-state index contributed by atoms with van der Waals surface area (Å²) in [5.41, 5.74) is 0.471. The maximum Gasteiger partial charge on any atom is 0.358 e. The van der Waals surface area contributed by atoms with E-state index in [2.05, 4.69) is 10.3 Å². The van der Waals surface area contributed by atoms with E-state index in [0.29, 0.717) is 25.1 Å². The predicted octanol–water partition coefficient (Wildman–Crippen LogP) is 0.153. The summed E-state index contributed by atoms with van der Waals surface area (Å²) in [5, 5.41) is 16.1. The Kier molecular flexibility index (Phi) is 4.19. The average Bonchev–Trinajstić information content (AvgIpc) is 2.60. The second-order valence-corrected chi connectivity index (χ2v) is 3.94. The lowest BCUT2D eigenvalue weighted by Gasteiger charge is -2.09. The molecule has 7 nitrogen and oxygen atoms in total. The van der Waals surface area contributed by atoms with Gasteiger partial charge in [0, 0.05) is 27.1 Å². The van der Waals surface area contributed by atoms with Crippen molar-refractivity contribution in [2.24, 2.45) is 0 Å². The second kappa shape index (κ2) is 5.42. The molecule has 0 fully saturated rings. The average molecular weight is 240 g/mol. The standard InChI is InChI=1S/C10H16N4O3/c1-7-9(10(16)17)11-12-14(7)6-4-5-8(15)13(2)3/h4-6H2,1-3H3,(H,16,17). The van der Waals surface area contributed by atoms with Gasteiger partial charge in [-0.15, -0.1) is 5.10 Å². The van der Waals surface area contributed by atoms with Crippen LogP contribution < -0.4 is 0 Å². The van der Waals surface area contributed by atoms with Crippen molar-refractivity contribution < 1.29 is 14.7 Å². The number of amides is 1. The lowest BCUT2D eigenvalue weighted by Crippen LogP contribution is -2.21. The predicted molar refractivity (Wildman–Crippen MR) is 59.6 cm³/mol. The quantitative estimate of drug-likeness (QED) is 0.791. The molecule has 0 aliphatic rings. The van der Waals surface area contributed by atoms with Crippen LogP contribution in [0.15, 0.2) is 0 Å².